The summed E-state index contributed by atoms with van der Waals surface area (Å²) in [5, 5.41) is 9.01. The van der Waals surface area contributed by atoms with Crippen molar-refractivity contribution >= 4 is 11.7 Å². The molecule has 2 rings (SSSR count). The second-order valence-corrected chi connectivity index (χ2v) is 5.42. The Balaban J connectivity index is 2.19. The van der Waals surface area contributed by atoms with Crippen LogP contribution in [0.5, 0.6) is 0 Å². The van der Waals surface area contributed by atoms with Gasteiger partial charge in [0, 0.05) is 18.8 Å². The molecule has 98 valence electrons. The lowest BCUT2D eigenvalue weighted by molar-refractivity contribution is 0.0697. The molecule has 0 fully saturated rings. The normalized spacial score (nSPS) is 14.7. The molecule has 0 spiro atoms. The van der Waals surface area contributed by atoms with Crippen molar-refractivity contribution in [1.29, 1.82) is 0 Å². The van der Waals surface area contributed by atoms with Gasteiger partial charge in [-0.05, 0) is 48.9 Å². The standard InChI is InChI=1S/C15H21NO2/c1-11(2)7-9-16-8-3-4-12-10-13(15(17)18)5-6-14(12)16/h5-6,10-11H,3-4,7-9H2,1-2H3,(H,17,18). The van der Waals surface area contributed by atoms with Crippen molar-refractivity contribution in [3.63, 3.8) is 0 Å². The number of rotatable bonds is 4. The molecule has 0 amide bonds. The highest BCUT2D eigenvalue weighted by Gasteiger charge is 2.18. The molecule has 18 heavy (non-hydrogen) atoms. The van der Waals surface area contributed by atoms with Gasteiger partial charge >= 0.3 is 5.97 Å². The molecular formula is C15H21NO2. The SMILES string of the molecule is CC(C)CCN1CCCc2cc(C(=O)O)ccc21. The lowest BCUT2D eigenvalue weighted by Gasteiger charge is -2.32. The van der Waals surface area contributed by atoms with E-state index in [1.807, 2.05) is 12.1 Å². The zero-order chi connectivity index (χ0) is 13.1. The van der Waals surface area contributed by atoms with Crippen molar-refractivity contribution in [3.8, 4) is 0 Å². The number of anilines is 1. The van der Waals surface area contributed by atoms with Gasteiger partial charge in [-0.1, -0.05) is 13.8 Å². The van der Waals surface area contributed by atoms with Crippen molar-refractivity contribution in [2.75, 3.05) is 18.0 Å². The summed E-state index contributed by atoms with van der Waals surface area (Å²) in [6.45, 7) is 6.62. The predicted octanol–water partition coefficient (Wildman–Crippen LogP) is 3.18. The van der Waals surface area contributed by atoms with Crippen molar-refractivity contribution in [3.05, 3.63) is 29.3 Å². The largest absolute Gasteiger partial charge is 0.478 e. The smallest absolute Gasteiger partial charge is 0.335 e. The number of hydrogen-bond donors (Lipinski definition) is 1. The van der Waals surface area contributed by atoms with E-state index >= 15 is 0 Å². The zero-order valence-electron chi connectivity index (χ0n) is 11.1. The van der Waals surface area contributed by atoms with E-state index in [0.29, 0.717) is 11.5 Å². The van der Waals surface area contributed by atoms with E-state index in [-0.39, 0.29) is 0 Å². The van der Waals surface area contributed by atoms with Gasteiger partial charge in [0.25, 0.3) is 0 Å². The second kappa shape index (κ2) is 5.42. The van der Waals surface area contributed by atoms with E-state index in [4.69, 9.17) is 5.11 Å². The molecule has 0 saturated heterocycles. The summed E-state index contributed by atoms with van der Waals surface area (Å²) >= 11 is 0. The van der Waals surface area contributed by atoms with E-state index in [1.54, 1.807) is 6.07 Å². The first-order valence-electron chi connectivity index (χ1n) is 6.69. The van der Waals surface area contributed by atoms with E-state index in [1.165, 1.54) is 17.7 Å². The molecule has 3 nitrogen and oxygen atoms in total. The van der Waals surface area contributed by atoms with Crippen LogP contribution in [-0.2, 0) is 6.42 Å². The number of benzene rings is 1. The first-order chi connectivity index (χ1) is 8.58. The van der Waals surface area contributed by atoms with Gasteiger partial charge in [-0.3, -0.25) is 0 Å². The van der Waals surface area contributed by atoms with Gasteiger partial charge in [0.05, 0.1) is 5.56 Å². The first kappa shape index (κ1) is 12.9. The monoisotopic (exact) mass is 247 g/mol. The third-order valence-electron chi connectivity index (χ3n) is 3.52. The average Bonchev–Trinajstić information content (AvgIpc) is 2.35. The molecule has 0 unspecified atom stereocenters. The topological polar surface area (TPSA) is 40.5 Å². The predicted molar refractivity (Wildman–Crippen MR) is 73.4 cm³/mol. The maximum absolute atomic E-state index is 11.0. The van der Waals surface area contributed by atoms with Crippen LogP contribution < -0.4 is 4.90 Å². The molecule has 3 heteroatoms. The van der Waals surface area contributed by atoms with Gasteiger partial charge < -0.3 is 10.0 Å². The summed E-state index contributed by atoms with van der Waals surface area (Å²) in [7, 11) is 0. The van der Waals surface area contributed by atoms with Crippen LogP contribution >= 0.6 is 0 Å². The van der Waals surface area contributed by atoms with Crippen molar-refractivity contribution in [2.45, 2.75) is 33.1 Å². The second-order valence-electron chi connectivity index (χ2n) is 5.42. The third-order valence-corrected chi connectivity index (χ3v) is 3.52. The molecule has 1 N–H and O–H groups in total. The maximum Gasteiger partial charge on any atom is 0.335 e. The minimum atomic E-state index is -0.836. The van der Waals surface area contributed by atoms with Crippen molar-refractivity contribution in [2.24, 2.45) is 5.92 Å². The van der Waals surface area contributed by atoms with E-state index < -0.39 is 5.97 Å². The quantitative estimate of drug-likeness (QED) is 0.888. The molecule has 0 atom stereocenters. The molecule has 1 aromatic carbocycles. The number of hydrogen-bond acceptors (Lipinski definition) is 2. The number of aromatic carboxylic acids is 1. The molecule has 0 saturated carbocycles. The van der Waals surface area contributed by atoms with Crippen LogP contribution in [0.15, 0.2) is 18.2 Å². The Morgan fingerprint density at radius 2 is 2.22 bits per heavy atom. The van der Waals surface area contributed by atoms with Crippen LogP contribution in [0.3, 0.4) is 0 Å². The van der Waals surface area contributed by atoms with E-state index in [9.17, 15) is 4.79 Å². The fraction of sp³-hybridized carbons (Fsp3) is 0.533. The van der Waals surface area contributed by atoms with Gasteiger partial charge in [0.2, 0.25) is 0 Å². The third kappa shape index (κ3) is 2.84. The molecule has 0 bridgehead atoms. The molecule has 1 aliphatic rings. The summed E-state index contributed by atoms with van der Waals surface area (Å²) in [6, 6.07) is 5.52. The number of carboxylic acid groups (broad SMARTS) is 1. The summed E-state index contributed by atoms with van der Waals surface area (Å²) < 4.78 is 0. The Morgan fingerprint density at radius 3 is 2.89 bits per heavy atom. The van der Waals surface area contributed by atoms with Gasteiger partial charge in [-0.25, -0.2) is 4.79 Å². The zero-order valence-corrected chi connectivity index (χ0v) is 11.1. The molecule has 1 heterocycles. The number of aryl methyl sites for hydroxylation is 1. The van der Waals surface area contributed by atoms with Gasteiger partial charge in [-0.2, -0.15) is 0 Å². The highest BCUT2D eigenvalue weighted by Crippen LogP contribution is 2.28. The van der Waals surface area contributed by atoms with Gasteiger partial charge in [-0.15, -0.1) is 0 Å². The van der Waals surface area contributed by atoms with Crippen LogP contribution in [-0.4, -0.2) is 24.2 Å². The Morgan fingerprint density at radius 1 is 1.44 bits per heavy atom. The van der Waals surface area contributed by atoms with Crippen LogP contribution in [0.1, 0.15) is 42.6 Å². The van der Waals surface area contributed by atoms with Crippen LogP contribution in [0.2, 0.25) is 0 Å². The van der Waals surface area contributed by atoms with Crippen LogP contribution in [0.25, 0.3) is 0 Å². The summed E-state index contributed by atoms with van der Waals surface area (Å²) in [4.78, 5) is 13.4. The minimum Gasteiger partial charge on any atom is -0.478 e. The number of carbonyl (C=O) groups is 1. The summed E-state index contributed by atoms with van der Waals surface area (Å²) in [5.74, 6) is -0.134. The van der Waals surface area contributed by atoms with Crippen molar-refractivity contribution in [1.82, 2.24) is 0 Å². The highest BCUT2D eigenvalue weighted by molar-refractivity contribution is 5.88. The lowest BCUT2D eigenvalue weighted by atomic mass is 9.98. The number of carboxylic acids is 1. The molecule has 1 aromatic rings. The van der Waals surface area contributed by atoms with Crippen LogP contribution in [0.4, 0.5) is 5.69 Å². The number of fused-ring (bicyclic) bond motifs is 1. The van der Waals surface area contributed by atoms with E-state index in [0.717, 1.165) is 25.9 Å². The van der Waals surface area contributed by atoms with Gasteiger partial charge in [0.15, 0.2) is 0 Å². The van der Waals surface area contributed by atoms with Crippen molar-refractivity contribution < 1.29 is 9.90 Å². The summed E-state index contributed by atoms with van der Waals surface area (Å²) in [6.07, 6.45) is 3.29. The highest BCUT2D eigenvalue weighted by atomic mass is 16.4. The Kier molecular flexibility index (Phi) is 3.90. The molecule has 1 aliphatic heterocycles. The Hall–Kier alpha value is -1.51. The first-order valence-corrected chi connectivity index (χ1v) is 6.69. The molecule has 0 radical (unpaired) electrons. The Labute approximate surface area is 108 Å². The lowest BCUT2D eigenvalue weighted by Crippen LogP contribution is -2.31. The average molecular weight is 247 g/mol. The molecule has 0 aromatic heterocycles. The Bertz CT molecular complexity index is 440. The van der Waals surface area contributed by atoms with E-state index in [2.05, 4.69) is 18.7 Å². The van der Waals surface area contributed by atoms with Gasteiger partial charge in [0.1, 0.15) is 0 Å². The fourth-order valence-corrected chi connectivity index (χ4v) is 2.45. The molecular weight excluding hydrogens is 226 g/mol. The van der Waals surface area contributed by atoms with Crippen LogP contribution in [0, 0.1) is 5.92 Å². The minimum absolute atomic E-state index is 0.402. The number of nitrogens with zero attached hydrogens (tertiary/aromatic N) is 1. The maximum atomic E-state index is 11.0. The fourth-order valence-electron chi connectivity index (χ4n) is 2.45. The summed E-state index contributed by atoms with van der Waals surface area (Å²) in [5.41, 5.74) is 2.82. The molecule has 0 aliphatic carbocycles.